The van der Waals surface area contributed by atoms with Gasteiger partial charge in [-0.3, -0.25) is 9.59 Å². The van der Waals surface area contributed by atoms with Crippen molar-refractivity contribution in [2.75, 3.05) is 19.7 Å². The molecule has 2 N–H and O–H groups in total. The van der Waals surface area contributed by atoms with Gasteiger partial charge in [-0.25, -0.2) is 0 Å². The number of likely N-dealkylation sites (tertiary alicyclic amines) is 1. The van der Waals surface area contributed by atoms with Crippen molar-refractivity contribution in [1.29, 1.82) is 0 Å². The van der Waals surface area contributed by atoms with E-state index in [-0.39, 0.29) is 23.5 Å². The van der Waals surface area contributed by atoms with Gasteiger partial charge in [-0.2, -0.15) is 0 Å². The van der Waals surface area contributed by atoms with E-state index in [1.807, 2.05) is 0 Å². The Balaban J connectivity index is 2.07. The van der Waals surface area contributed by atoms with E-state index in [0.717, 1.165) is 12.8 Å². The number of aliphatic hydroxyl groups is 1. The van der Waals surface area contributed by atoms with Gasteiger partial charge in [-0.05, 0) is 18.8 Å². The first-order chi connectivity index (χ1) is 8.22. The van der Waals surface area contributed by atoms with E-state index in [9.17, 15) is 9.59 Å². The summed E-state index contributed by atoms with van der Waals surface area (Å²) in [6.45, 7) is 1.45. The number of carbonyl (C=O) groups excluding carboxylic acids is 1. The van der Waals surface area contributed by atoms with Crippen molar-refractivity contribution in [3.05, 3.63) is 34.2 Å². The van der Waals surface area contributed by atoms with Gasteiger partial charge < -0.3 is 15.0 Å². The number of nitrogens with zero attached hydrogens (tertiary/aromatic N) is 1. The van der Waals surface area contributed by atoms with Crippen LogP contribution in [-0.2, 0) is 0 Å². The second-order valence-corrected chi connectivity index (χ2v) is 4.34. The molecule has 2 heterocycles. The topological polar surface area (TPSA) is 73.4 Å². The average Bonchev–Trinajstić information content (AvgIpc) is 2.78. The number of nitrogens with one attached hydrogen (secondary N) is 1. The maximum Gasteiger partial charge on any atom is 0.259 e. The van der Waals surface area contributed by atoms with Crippen molar-refractivity contribution in [1.82, 2.24) is 9.88 Å². The molecule has 1 aliphatic heterocycles. The summed E-state index contributed by atoms with van der Waals surface area (Å²) < 4.78 is 0. The van der Waals surface area contributed by atoms with Gasteiger partial charge in [0.05, 0.1) is 0 Å². The summed E-state index contributed by atoms with van der Waals surface area (Å²) in [6, 6.07) is 1.36. The number of hydrogen-bond acceptors (Lipinski definition) is 3. The number of aliphatic hydroxyl groups excluding tert-OH is 1. The number of carbonyl (C=O) groups is 1. The summed E-state index contributed by atoms with van der Waals surface area (Å²) in [4.78, 5) is 28.0. The second-order valence-electron chi connectivity index (χ2n) is 4.34. The lowest BCUT2D eigenvalue weighted by molar-refractivity contribution is 0.0783. The van der Waals surface area contributed by atoms with Crippen molar-refractivity contribution in [2.45, 2.75) is 12.8 Å². The van der Waals surface area contributed by atoms with Gasteiger partial charge in [0.25, 0.3) is 5.91 Å². The second kappa shape index (κ2) is 5.14. The van der Waals surface area contributed by atoms with E-state index in [0.29, 0.717) is 19.0 Å². The number of rotatable bonds is 3. The van der Waals surface area contributed by atoms with Gasteiger partial charge in [0, 0.05) is 38.2 Å². The quantitative estimate of drug-likeness (QED) is 0.788. The Bertz CT molecular complexity index is 455. The minimum Gasteiger partial charge on any atom is -0.396 e. The summed E-state index contributed by atoms with van der Waals surface area (Å²) >= 11 is 0. The highest BCUT2D eigenvalue weighted by Gasteiger charge is 2.27. The molecule has 5 nitrogen and oxygen atoms in total. The molecule has 0 spiro atoms. The summed E-state index contributed by atoms with van der Waals surface area (Å²) in [5.41, 5.74) is -0.0588. The molecule has 0 radical (unpaired) electrons. The lowest BCUT2D eigenvalue weighted by Gasteiger charge is -2.15. The van der Waals surface area contributed by atoms with Gasteiger partial charge in [0.2, 0.25) is 0 Å². The van der Waals surface area contributed by atoms with Crippen LogP contribution in [0.4, 0.5) is 0 Å². The molecular weight excluding hydrogens is 220 g/mol. The van der Waals surface area contributed by atoms with Crippen LogP contribution in [0.2, 0.25) is 0 Å². The van der Waals surface area contributed by atoms with E-state index < -0.39 is 0 Å². The van der Waals surface area contributed by atoms with E-state index in [4.69, 9.17) is 5.11 Å². The standard InChI is InChI=1S/C12H16N2O3/c15-6-3-9-2-5-14(8-9)12(17)10-7-13-4-1-11(10)16/h1,4,7,9,15H,2-3,5-6,8H2,(H,13,16). The van der Waals surface area contributed by atoms with Crippen molar-refractivity contribution >= 4 is 5.91 Å². The fourth-order valence-corrected chi connectivity index (χ4v) is 2.19. The Morgan fingerprint density at radius 2 is 2.41 bits per heavy atom. The third-order valence-electron chi connectivity index (χ3n) is 3.16. The van der Waals surface area contributed by atoms with E-state index >= 15 is 0 Å². The first kappa shape index (κ1) is 11.9. The lowest BCUT2D eigenvalue weighted by atomic mass is 10.1. The number of hydrogen-bond donors (Lipinski definition) is 2. The summed E-state index contributed by atoms with van der Waals surface area (Å²) in [6.07, 6.45) is 4.58. The molecule has 1 atom stereocenters. The van der Waals surface area contributed by atoms with Crippen LogP contribution in [0, 0.1) is 5.92 Å². The van der Waals surface area contributed by atoms with E-state index in [1.165, 1.54) is 18.5 Å². The molecule has 0 aromatic carbocycles. The van der Waals surface area contributed by atoms with Gasteiger partial charge in [-0.1, -0.05) is 0 Å². The zero-order chi connectivity index (χ0) is 12.3. The highest BCUT2D eigenvalue weighted by Crippen LogP contribution is 2.20. The van der Waals surface area contributed by atoms with Crippen molar-refractivity contribution in [2.24, 2.45) is 5.92 Å². The van der Waals surface area contributed by atoms with Crippen LogP contribution in [0.25, 0.3) is 0 Å². The van der Waals surface area contributed by atoms with Crippen LogP contribution in [0.15, 0.2) is 23.3 Å². The Morgan fingerprint density at radius 1 is 1.59 bits per heavy atom. The minimum atomic E-state index is -0.251. The number of aromatic amines is 1. The highest BCUT2D eigenvalue weighted by atomic mass is 16.3. The number of aromatic nitrogens is 1. The SMILES string of the molecule is O=C(c1c[nH]ccc1=O)N1CCC(CCO)C1. The molecule has 0 aliphatic carbocycles. The van der Waals surface area contributed by atoms with Gasteiger partial charge in [0.1, 0.15) is 5.56 Å². The van der Waals surface area contributed by atoms with Crippen LogP contribution in [0.3, 0.4) is 0 Å². The molecule has 0 saturated carbocycles. The molecule has 1 aromatic heterocycles. The average molecular weight is 236 g/mol. The molecule has 0 bridgehead atoms. The van der Waals surface area contributed by atoms with Gasteiger partial charge in [-0.15, -0.1) is 0 Å². The summed E-state index contributed by atoms with van der Waals surface area (Å²) in [5, 5.41) is 8.85. The Morgan fingerprint density at radius 3 is 3.12 bits per heavy atom. The molecule has 1 aromatic rings. The number of H-pyrrole nitrogens is 1. The van der Waals surface area contributed by atoms with Crippen LogP contribution < -0.4 is 5.43 Å². The number of pyridine rings is 1. The van der Waals surface area contributed by atoms with Gasteiger partial charge in [0.15, 0.2) is 5.43 Å². The normalized spacial score (nSPS) is 19.6. The third-order valence-corrected chi connectivity index (χ3v) is 3.16. The van der Waals surface area contributed by atoms with Crippen LogP contribution in [0.5, 0.6) is 0 Å². The van der Waals surface area contributed by atoms with Crippen molar-refractivity contribution in [3.63, 3.8) is 0 Å². The lowest BCUT2D eigenvalue weighted by Crippen LogP contribution is -2.32. The zero-order valence-electron chi connectivity index (χ0n) is 9.56. The summed E-state index contributed by atoms with van der Waals surface area (Å²) in [7, 11) is 0. The molecule has 2 rings (SSSR count). The number of amides is 1. The molecule has 92 valence electrons. The van der Waals surface area contributed by atoms with Crippen molar-refractivity contribution in [3.8, 4) is 0 Å². The first-order valence-electron chi connectivity index (χ1n) is 5.79. The molecular formula is C12H16N2O3. The fraction of sp³-hybridized carbons (Fsp3) is 0.500. The molecule has 1 fully saturated rings. The molecule has 1 amide bonds. The van der Waals surface area contributed by atoms with Crippen LogP contribution >= 0.6 is 0 Å². The highest BCUT2D eigenvalue weighted by molar-refractivity contribution is 5.93. The first-order valence-corrected chi connectivity index (χ1v) is 5.79. The molecule has 1 unspecified atom stereocenters. The maximum atomic E-state index is 12.1. The Labute approximate surface area is 99.1 Å². The predicted molar refractivity (Wildman–Crippen MR) is 62.8 cm³/mol. The van der Waals surface area contributed by atoms with E-state index in [2.05, 4.69) is 4.98 Å². The zero-order valence-corrected chi connectivity index (χ0v) is 9.56. The molecule has 1 aliphatic rings. The van der Waals surface area contributed by atoms with Crippen LogP contribution in [0.1, 0.15) is 23.2 Å². The molecule has 1 saturated heterocycles. The molecule has 5 heteroatoms. The summed E-state index contributed by atoms with van der Waals surface area (Å²) in [5.74, 6) is 0.138. The molecule has 17 heavy (non-hydrogen) atoms. The monoisotopic (exact) mass is 236 g/mol. The van der Waals surface area contributed by atoms with Crippen molar-refractivity contribution < 1.29 is 9.90 Å². The largest absolute Gasteiger partial charge is 0.396 e. The third kappa shape index (κ3) is 2.55. The smallest absolute Gasteiger partial charge is 0.259 e. The predicted octanol–water partition coefficient (Wildman–Crippen LogP) is 0.219. The maximum absolute atomic E-state index is 12.1. The van der Waals surface area contributed by atoms with Crippen LogP contribution in [-0.4, -0.2) is 40.6 Å². The fourth-order valence-electron chi connectivity index (χ4n) is 2.19. The van der Waals surface area contributed by atoms with E-state index in [1.54, 1.807) is 4.90 Å². The minimum absolute atomic E-state index is 0.151. The Kier molecular flexibility index (Phi) is 3.58. The van der Waals surface area contributed by atoms with Gasteiger partial charge >= 0.3 is 0 Å². The Hall–Kier alpha value is -1.62.